The van der Waals surface area contributed by atoms with Crippen LogP contribution in [0, 0.1) is 23.6 Å². The van der Waals surface area contributed by atoms with E-state index in [-0.39, 0.29) is 17.6 Å². The van der Waals surface area contributed by atoms with Crippen LogP contribution >= 0.6 is 0 Å². The highest BCUT2D eigenvalue weighted by Crippen LogP contribution is 2.48. The first kappa shape index (κ1) is 23.2. The van der Waals surface area contributed by atoms with Gasteiger partial charge in [0.15, 0.2) is 0 Å². The minimum absolute atomic E-state index is 0.0947. The summed E-state index contributed by atoms with van der Waals surface area (Å²) in [6.45, 7) is 7.10. The van der Waals surface area contributed by atoms with Crippen LogP contribution < -0.4 is 5.32 Å². The fourth-order valence-electron chi connectivity index (χ4n) is 6.50. The second-order valence-electron chi connectivity index (χ2n) is 11.4. The topological polar surface area (TPSA) is 21.3 Å². The molecule has 0 amide bonds. The van der Waals surface area contributed by atoms with Gasteiger partial charge in [-0.2, -0.15) is 0 Å². The molecule has 1 aromatic carbocycles. The van der Waals surface area contributed by atoms with E-state index in [4.69, 9.17) is 4.74 Å². The van der Waals surface area contributed by atoms with Crippen LogP contribution in [-0.4, -0.2) is 12.1 Å². The van der Waals surface area contributed by atoms with Crippen LogP contribution in [0.25, 0.3) is 0 Å². The molecule has 1 aliphatic heterocycles. The lowest BCUT2D eigenvalue weighted by atomic mass is 9.63. The van der Waals surface area contributed by atoms with Crippen molar-refractivity contribution in [3.63, 3.8) is 0 Å². The van der Waals surface area contributed by atoms with Crippen LogP contribution in [-0.2, 0) is 4.74 Å². The molecule has 3 heteroatoms. The average molecular weight is 430 g/mol. The summed E-state index contributed by atoms with van der Waals surface area (Å²) in [5.41, 5.74) is 1.76. The van der Waals surface area contributed by atoms with Crippen molar-refractivity contribution in [1.82, 2.24) is 5.32 Å². The van der Waals surface area contributed by atoms with Crippen molar-refractivity contribution in [1.29, 1.82) is 0 Å². The van der Waals surface area contributed by atoms with Crippen molar-refractivity contribution in [3.05, 3.63) is 35.1 Å². The van der Waals surface area contributed by atoms with Gasteiger partial charge in [0.05, 0.1) is 6.61 Å². The first-order chi connectivity index (χ1) is 14.9. The third kappa shape index (κ3) is 5.90. The van der Waals surface area contributed by atoms with Crippen LogP contribution in [0.5, 0.6) is 0 Å². The summed E-state index contributed by atoms with van der Waals surface area (Å²) in [7, 11) is 0. The van der Waals surface area contributed by atoms with Gasteiger partial charge in [-0.05, 0) is 81.3 Å². The summed E-state index contributed by atoms with van der Waals surface area (Å²) >= 11 is 0. The zero-order valence-electron chi connectivity index (χ0n) is 20.1. The zero-order valence-corrected chi connectivity index (χ0v) is 20.1. The van der Waals surface area contributed by atoms with Crippen LogP contribution in [0.4, 0.5) is 4.39 Å². The Labute approximate surface area is 189 Å². The molecule has 5 atom stereocenters. The summed E-state index contributed by atoms with van der Waals surface area (Å²) in [6.07, 6.45) is 16.3. The Morgan fingerprint density at radius 2 is 1.77 bits per heavy atom. The zero-order chi connectivity index (χ0) is 21.8. The van der Waals surface area contributed by atoms with Crippen molar-refractivity contribution in [2.75, 3.05) is 6.61 Å². The molecule has 0 radical (unpaired) electrons. The lowest BCUT2D eigenvalue weighted by Gasteiger charge is -2.42. The van der Waals surface area contributed by atoms with Crippen molar-refractivity contribution in [2.45, 2.75) is 116 Å². The van der Waals surface area contributed by atoms with Gasteiger partial charge in [0.1, 0.15) is 12.0 Å². The van der Waals surface area contributed by atoms with E-state index >= 15 is 0 Å². The minimum atomic E-state index is -0.322. The maximum Gasteiger partial charge on any atom is 0.137 e. The molecule has 3 aliphatic rings. The quantitative estimate of drug-likeness (QED) is 0.424. The lowest BCUT2D eigenvalue weighted by Crippen LogP contribution is -2.36. The fourth-order valence-corrected chi connectivity index (χ4v) is 6.50. The number of hydrogen-bond acceptors (Lipinski definition) is 2. The second kappa shape index (κ2) is 10.3. The molecule has 2 unspecified atom stereocenters. The third-order valence-corrected chi connectivity index (χ3v) is 8.35. The van der Waals surface area contributed by atoms with Gasteiger partial charge in [-0.1, -0.05) is 64.0 Å². The van der Waals surface area contributed by atoms with E-state index in [9.17, 15) is 4.39 Å². The van der Waals surface area contributed by atoms with Gasteiger partial charge in [0.2, 0.25) is 0 Å². The molecule has 2 aliphatic carbocycles. The summed E-state index contributed by atoms with van der Waals surface area (Å²) in [4.78, 5) is 0. The third-order valence-electron chi connectivity index (χ3n) is 8.35. The smallest absolute Gasteiger partial charge is 0.137 e. The number of rotatable bonds is 8. The normalized spacial score (nSPS) is 32.7. The first-order valence-electron chi connectivity index (χ1n) is 13.1. The molecule has 2 nitrogen and oxygen atoms in total. The van der Waals surface area contributed by atoms with E-state index in [1.165, 1.54) is 82.6 Å². The fraction of sp³-hybridized carbons (Fsp3) is 0.786. The van der Waals surface area contributed by atoms with E-state index in [1.54, 1.807) is 6.07 Å². The Hall–Kier alpha value is -0.930. The van der Waals surface area contributed by atoms with Crippen LogP contribution in [0.15, 0.2) is 18.2 Å². The molecule has 2 saturated carbocycles. The summed E-state index contributed by atoms with van der Waals surface area (Å²) in [5, 5.41) is 3.39. The molecule has 3 fully saturated rings. The van der Waals surface area contributed by atoms with E-state index in [1.807, 2.05) is 6.07 Å². The van der Waals surface area contributed by atoms with E-state index in [0.717, 1.165) is 17.8 Å². The molecule has 1 saturated heterocycles. The number of nitrogens with one attached hydrogen (secondary N) is 1. The molecule has 1 N–H and O–H groups in total. The van der Waals surface area contributed by atoms with Gasteiger partial charge < -0.3 is 4.74 Å². The molecule has 31 heavy (non-hydrogen) atoms. The predicted octanol–water partition coefficient (Wildman–Crippen LogP) is 7.88. The van der Waals surface area contributed by atoms with E-state index < -0.39 is 0 Å². The van der Waals surface area contributed by atoms with Crippen molar-refractivity contribution in [3.8, 4) is 0 Å². The molecule has 1 aromatic rings. The van der Waals surface area contributed by atoms with Gasteiger partial charge in [0, 0.05) is 11.1 Å². The molecule has 174 valence electrons. The molecule has 0 spiro atoms. The summed E-state index contributed by atoms with van der Waals surface area (Å²) < 4.78 is 20.8. The highest BCUT2D eigenvalue weighted by molar-refractivity contribution is 5.29. The number of ether oxygens (including phenoxy) is 1. The number of halogens is 1. The first-order valence-corrected chi connectivity index (χ1v) is 13.1. The molecule has 0 aromatic heterocycles. The maximum atomic E-state index is 15.0. The monoisotopic (exact) mass is 429 g/mol. The molecule has 4 rings (SSSR count). The average Bonchev–Trinajstić information content (AvgIpc) is 3.12. The van der Waals surface area contributed by atoms with Gasteiger partial charge in [-0.3, -0.25) is 5.32 Å². The van der Waals surface area contributed by atoms with Gasteiger partial charge >= 0.3 is 0 Å². The van der Waals surface area contributed by atoms with Crippen LogP contribution in [0.2, 0.25) is 0 Å². The number of benzene rings is 1. The summed E-state index contributed by atoms with van der Waals surface area (Å²) in [5.74, 6) is 3.18. The molecule has 1 heterocycles. The molecular weight excluding hydrogens is 385 g/mol. The maximum absolute atomic E-state index is 15.0. The Morgan fingerprint density at radius 1 is 1.00 bits per heavy atom. The van der Waals surface area contributed by atoms with Gasteiger partial charge in [-0.15, -0.1) is 0 Å². The number of hydrogen-bond donors (Lipinski definition) is 1. The Bertz CT molecular complexity index is 717. The molecular formula is C28H44FNO. The Balaban J connectivity index is 1.28. The molecule has 0 bridgehead atoms. The van der Waals surface area contributed by atoms with E-state index in [2.05, 4.69) is 32.2 Å². The van der Waals surface area contributed by atoms with Gasteiger partial charge in [0.25, 0.3) is 0 Å². The van der Waals surface area contributed by atoms with Gasteiger partial charge in [-0.25, -0.2) is 4.39 Å². The standard InChI is InChI=1S/C28H44FNO/c1-4-5-6-7-8-9-20-10-11-22-17-23(13-12-21(22)16-20)24-14-15-25(26(29)18-24)27-30-28(2,3)19-31-27/h14-15,18,20-23,27,30H,4-13,16-17,19H2,1-3H3/t20?,21-,22-,23-,27?/m1/s1. The van der Waals surface area contributed by atoms with E-state index in [0.29, 0.717) is 18.1 Å². The number of fused-ring (bicyclic) bond motifs is 1. The summed E-state index contributed by atoms with van der Waals surface area (Å²) in [6, 6.07) is 5.94. The lowest BCUT2D eigenvalue weighted by molar-refractivity contribution is 0.0958. The van der Waals surface area contributed by atoms with Crippen molar-refractivity contribution >= 4 is 0 Å². The predicted molar refractivity (Wildman–Crippen MR) is 127 cm³/mol. The second-order valence-corrected chi connectivity index (χ2v) is 11.4. The van der Waals surface area contributed by atoms with Crippen LogP contribution in [0.1, 0.15) is 121 Å². The highest BCUT2D eigenvalue weighted by atomic mass is 19.1. The largest absolute Gasteiger partial charge is 0.357 e. The Kier molecular flexibility index (Phi) is 7.75. The Morgan fingerprint density at radius 3 is 2.52 bits per heavy atom. The number of unbranched alkanes of at least 4 members (excludes halogenated alkanes) is 4. The van der Waals surface area contributed by atoms with Crippen molar-refractivity contribution < 1.29 is 9.13 Å². The van der Waals surface area contributed by atoms with Crippen molar-refractivity contribution in [2.24, 2.45) is 17.8 Å². The minimum Gasteiger partial charge on any atom is -0.357 e. The SMILES string of the molecule is CCCCCCCC1CC[C@@H]2C[C@H](c3ccc(C4NC(C)(C)CO4)c(F)c3)CC[C@@H]2C1. The van der Waals surface area contributed by atoms with Crippen LogP contribution in [0.3, 0.4) is 0 Å². The highest BCUT2D eigenvalue weighted by Gasteiger charge is 2.37.